The number of ether oxygens (including phenoxy) is 1. The van der Waals surface area contributed by atoms with Crippen molar-refractivity contribution >= 4 is 62.9 Å². The number of benzene rings is 4. The van der Waals surface area contributed by atoms with Crippen molar-refractivity contribution in [3.8, 4) is 5.75 Å². The normalized spacial score (nSPS) is 11.7. The molecule has 0 radical (unpaired) electrons. The van der Waals surface area contributed by atoms with E-state index >= 15 is 0 Å². The van der Waals surface area contributed by atoms with E-state index in [9.17, 15) is 14.4 Å². The molecule has 4 aromatic carbocycles. The first-order valence-electron chi connectivity index (χ1n) is 12.7. The number of hydrogen-bond acceptors (Lipinski definition) is 5. The van der Waals surface area contributed by atoms with Crippen LogP contribution >= 0.6 is 27.7 Å². The molecule has 4 rings (SSSR count). The Balaban J connectivity index is 1.41. The lowest BCUT2D eigenvalue weighted by Gasteiger charge is -2.14. The summed E-state index contributed by atoms with van der Waals surface area (Å²) in [5.41, 5.74) is 2.52. The van der Waals surface area contributed by atoms with E-state index in [0.717, 1.165) is 14.9 Å². The summed E-state index contributed by atoms with van der Waals surface area (Å²) in [6, 6.07) is 30.4. The van der Waals surface area contributed by atoms with E-state index in [1.54, 1.807) is 73.8 Å². The van der Waals surface area contributed by atoms with Gasteiger partial charge in [-0.2, -0.15) is 0 Å². The largest absolute Gasteiger partial charge is 0.497 e. The summed E-state index contributed by atoms with van der Waals surface area (Å²) < 4.78 is 6.05. The number of nitrogens with one attached hydrogen (secondary N) is 3. The highest BCUT2D eigenvalue weighted by atomic mass is 79.9. The van der Waals surface area contributed by atoms with Crippen molar-refractivity contribution in [2.24, 2.45) is 0 Å². The smallest absolute Gasteiger partial charge is 0.272 e. The second-order valence-electron chi connectivity index (χ2n) is 8.89. The van der Waals surface area contributed by atoms with E-state index < -0.39 is 11.8 Å². The lowest BCUT2D eigenvalue weighted by Crippen LogP contribution is -2.30. The zero-order valence-corrected chi connectivity index (χ0v) is 24.8. The number of halogens is 1. The molecule has 9 heteroatoms. The van der Waals surface area contributed by atoms with E-state index in [4.69, 9.17) is 4.74 Å². The van der Waals surface area contributed by atoms with Gasteiger partial charge in [0.2, 0.25) is 5.91 Å². The Kier molecular flexibility index (Phi) is 10.4. The van der Waals surface area contributed by atoms with Crippen molar-refractivity contribution in [3.05, 3.63) is 124 Å². The maximum absolute atomic E-state index is 13.2. The summed E-state index contributed by atoms with van der Waals surface area (Å²) in [5, 5.41) is 8.12. The first kappa shape index (κ1) is 29.6. The minimum Gasteiger partial charge on any atom is -0.497 e. The molecule has 0 bridgehead atoms. The molecule has 0 spiro atoms. The second-order valence-corrected chi connectivity index (χ2v) is 11.2. The first-order chi connectivity index (χ1) is 19.8. The summed E-state index contributed by atoms with van der Waals surface area (Å²) in [4.78, 5) is 39.6. The monoisotopic (exact) mass is 629 g/mol. The molecule has 0 saturated carbocycles. The minimum absolute atomic E-state index is 0.100. The quantitative estimate of drug-likeness (QED) is 0.130. The highest BCUT2D eigenvalue weighted by Gasteiger charge is 2.17. The van der Waals surface area contributed by atoms with Gasteiger partial charge < -0.3 is 20.7 Å². The molecule has 0 heterocycles. The lowest BCUT2D eigenvalue weighted by molar-refractivity contribution is -0.115. The minimum atomic E-state index is -0.468. The number of carbonyl (C=O) groups is 3. The van der Waals surface area contributed by atoms with Crippen LogP contribution in [0.5, 0.6) is 5.75 Å². The van der Waals surface area contributed by atoms with E-state index in [-0.39, 0.29) is 16.9 Å². The Hall–Kier alpha value is -4.34. The summed E-state index contributed by atoms with van der Waals surface area (Å²) in [5.74, 6) is -0.274. The summed E-state index contributed by atoms with van der Waals surface area (Å²) in [6.45, 7) is 1.83. The molecule has 1 unspecified atom stereocenters. The van der Waals surface area contributed by atoms with Crippen molar-refractivity contribution in [2.45, 2.75) is 17.1 Å². The maximum Gasteiger partial charge on any atom is 0.272 e. The van der Waals surface area contributed by atoms with Crippen LogP contribution in [0.15, 0.2) is 118 Å². The van der Waals surface area contributed by atoms with Crippen molar-refractivity contribution in [1.82, 2.24) is 5.32 Å². The molecule has 0 saturated heterocycles. The summed E-state index contributed by atoms with van der Waals surface area (Å²) >= 11 is 4.81. The second kappa shape index (κ2) is 14.3. The van der Waals surface area contributed by atoms with Gasteiger partial charge in [-0.05, 0) is 91.4 Å². The van der Waals surface area contributed by atoms with Crippen LogP contribution < -0.4 is 20.7 Å². The Labute approximate surface area is 251 Å². The SMILES string of the molecule is COc1ccc(NC(=O)C(C)Sc2ccc(NC(=O)/C(=C/c3ccc(Br)cc3)NC(=O)c3ccccc3)cc2)cc1. The molecular formula is C32H28BrN3O4S. The number of anilines is 2. The molecule has 0 aliphatic heterocycles. The molecule has 4 aromatic rings. The maximum atomic E-state index is 13.2. The fourth-order valence-electron chi connectivity index (χ4n) is 3.66. The number of methoxy groups -OCH3 is 1. The molecule has 0 aliphatic rings. The summed E-state index contributed by atoms with van der Waals surface area (Å²) in [7, 11) is 1.59. The number of thioether (sulfide) groups is 1. The van der Waals surface area contributed by atoms with Gasteiger partial charge in [0.25, 0.3) is 11.8 Å². The Morgan fingerprint density at radius 3 is 2.05 bits per heavy atom. The van der Waals surface area contributed by atoms with Crippen LogP contribution in [0.25, 0.3) is 6.08 Å². The molecule has 41 heavy (non-hydrogen) atoms. The molecule has 208 valence electrons. The number of carbonyl (C=O) groups excluding carboxylic acids is 3. The van der Waals surface area contributed by atoms with Crippen LogP contribution in [-0.4, -0.2) is 30.1 Å². The zero-order chi connectivity index (χ0) is 29.2. The molecule has 3 N–H and O–H groups in total. The third-order valence-electron chi connectivity index (χ3n) is 5.86. The van der Waals surface area contributed by atoms with Crippen LogP contribution in [0, 0.1) is 0 Å². The van der Waals surface area contributed by atoms with Gasteiger partial charge in [-0.15, -0.1) is 11.8 Å². The predicted molar refractivity (Wildman–Crippen MR) is 168 cm³/mol. The summed E-state index contributed by atoms with van der Waals surface area (Å²) in [6.07, 6.45) is 1.62. The molecule has 7 nitrogen and oxygen atoms in total. The molecule has 0 aromatic heterocycles. The van der Waals surface area contributed by atoms with E-state index in [1.807, 2.05) is 49.4 Å². The van der Waals surface area contributed by atoms with Gasteiger partial charge >= 0.3 is 0 Å². The third kappa shape index (κ3) is 8.83. The topological polar surface area (TPSA) is 96.5 Å². The van der Waals surface area contributed by atoms with Crippen LogP contribution in [0.3, 0.4) is 0 Å². The lowest BCUT2D eigenvalue weighted by atomic mass is 10.1. The van der Waals surface area contributed by atoms with Crippen LogP contribution in [0.1, 0.15) is 22.8 Å². The van der Waals surface area contributed by atoms with E-state index in [0.29, 0.717) is 22.7 Å². The molecule has 0 aliphatic carbocycles. The standard InChI is InChI=1S/C32H28BrN3O4S/c1-21(30(37)34-25-12-16-27(40-2)17-13-25)41-28-18-14-26(15-19-28)35-32(39)29(20-22-8-10-24(33)11-9-22)36-31(38)23-6-4-3-5-7-23/h3-21H,1-2H3,(H,34,37)(H,35,39)(H,36,38)/b29-20-. The first-order valence-corrected chi connectivity index (χ1v) is 14.3. The molecule has 1 atom stereocenters. The Morgan fingerprint density at radius 1 is 0.805 bits per heavy atom. The van der Waals surface area contributed by atoms with Gasteiger partial charge in [-0.25, -0.2) is 0 Å². The average Bonchev–Trinajstić information content (AvgIpc) is 2.99. The molecule has 0 fully saturated rings. The highest BCUT2D eigenvalue weighted by molar-refractivity contribution is 9.10. The predicted octanol–water partition coefficient (Wildman–Crippen LogP) is 6.99. The van der Waals surface area contributed by atoms with E-state index in [2.05, 4.69) is 31.9 Å². The van der Waals surface area contributed by atoms with Gasteiger partial charge in [0.15, 0.2) is 0 Å². The average molecular weight is 631 g/mol. The van der Waals surface area contributed by atoms with Crippen molar-refractivity contribution in [1.29, 1.82) is 0 Å². The fraction of sp³-hybridized carbons (Fsp3) is 0.0938. The van der Waals surface area contributed by atoms with Gasteiger partial charge in [0.05, 0.1) is 12.4 Å². The van der Waals surface area contributed by atoms with Crippen LogP contribution in [-0.2, 0) is 9.59 Å². The van der Waals surface area contributed by atoms with Crippen molar-refractivity contribution in [2.75, 3.05) is 17.7 Å². The number of amides is 3. The Morgan fingerprint density at radius 2 is 1.41 bits per heavy atom. The highest BCUT2D eigenvalue weighted by Crippen LogP contribution is 2.26. The van der Waals surface area contributed by atoms with Crippen LogP contribution in [0.2, 0.25) is 0 Å². The number of hydrogen-bond donors (Lipinski definition) is 3. The number of rotatable bonds is 10. The molecule has 3 amide bonds. The van der Waals surface area contributed by atoms with Crippen LogP contribution in [0.4, 0.5) is 11.4 Å². The fourth-order valence-corrected chi connectivity index (χ4v) is 4.79. The van der Waals surface area contributed by atoms with Crippen molar-refractivity contribution in [3.63, 3.8) is 0 Å². The zero-order valence-electron chi connectivity index (χ0n) is 22.4. The van der Waals surface area contributed by atoms with Gasteiger partial charge in [0.1, 0.15) is 11.4 Å². The molecular weight excluding hydrogens is 602 g/mol. The van der Waals surface area contributed by atoms with Crippen molar-refractivity contribution < 1.29 is 19.1 Å². The van der Waals surface area contributed by atoms with Gasteiger partial charge in [-0.1, -0.05) is 46.3 Å². The Bertz CT molecular complexity index is 1520. The van der Waals surface area contributed by atoms with E-state index in [1.165, 1.54) is 11.8 Å². The third-order valence-corrected chi connectivity index (χ3v) is 7.50. The van der Waals surface area contributed by atoms with Gasteiger partial charge in [-0.3, -0.25) is 14.4 Å². The van der Waals surface area contributed by atoms with Gasteiger partial charge in [0, 0.05) is 26.3 Å².